The molecule has 8 rings (SSSR count). The number of methoxy groups -OCH3 is 1. The molecule has 1 heterocycles. The summed E-state index contributed by atoms with van der Waals surface area (Å²) >= 11 is 0. The van der Waals surface area contributed by atoms with E-state index in [1.807, 2.05) is 31.2 Å². The fourth-order valence-electron chi connectivity index (χ4n) is 7.10. The molecule has 1 aliphatic heterocycles. The van der Waals surface area contributed by atoms with Gasteiger partial charge in [0.2, 0.25) is 11.8 Å². The van der Waals surface area contributed by atoms with E-state index in [4.69, 9.17) is 4.74 Å². The van der Waals surface area contributed by atoms with Crippen LogP contribution >= 0.6 is 0 Å². The number of hydrogen-bond acceptors (Lipinski definition) is 4. The minimum absolute atomic E-state index is 0.230. The molecule has 6 nitrogen and oxygen atoms in total. The van der Waals surface area contributed by atoms with Gasteiger partial charge in [0.05, 0.1) is 29.7 Å². The fraction of sp³-hybridized carbons (Fsp3) is 0.182. The molecule has 3 aliphatic carbocycles. The van der Waals surface area contributed by atoms with Crippen LogP contribution in [0.5, 0.6) is 5.75 Å². The molecule has 0 saturated carbocycles. The first kappa shape index (κ1) is 23.4. The molecule has 3 amide bonds. The zero-order valence-corrected chi connectivity index (χ0v) is 21.5. The highest BCUT2D eigenvalue weighted by atomic mass is 16.5. The third-order valence-corrected chi connectivity index (χ3v) is 8.73. The summed E-state index contributed by atoms with van der Waals surface area (Å²) < 4.78 is 5.27. The second-order valence-corrected chi connectivity index (χ2v) is 10.6. The molecule has 4 aromatic carbocycles. The van der Waals surface area contributed by atoms with Crippen molar-refractivity contribution in [3.63, 3.8) is 0 Å². The number of carbonyl (C=O) groups is 3. The maximum absolute atomic E-state index is 14.5. The molecule has 6 heteroatoms. The molecule has 0 unspecified atom stereocenters. The van der Waals surface area contributed by atoms with Crippen LogP contribution in [-0.2, 0) is 9.59 Å². The van der Waals surface area contributed by atoms with E-state index in [0.717, 1.165) is 22.3 Å². The average molecular weight is 515 g/mol. The van der Waals surface area contributed by atoms with Crippen molar-refractivity contribution < 1.29 is 19.1 Å². The monoisotopic (exact) mass is 514 g/mol. The van der Waals surface area contributed by atoms with Gasteiger partial charge in [0.1, 0.15) is 5.75 Å². The summed E-state index contributed by atoms with van der Waals surface area (Å²) in [5.41, 5.74) is 4.56. The van der Waals surface area contributed by atoms with Crippen LogP contribution in [0.2, 0.25) is 0 Å². The lowest BCUT2D eigenvalue weighted by Gasteiger charge is -2.51. The van der Waals surface area contributed by atoms with Gasteiger partial charge in [-0.25, -0.2) is 4.90 Å². The minimum Gasteiger partial charge on any atom is -0.497 e. The van der Waals surface area contributed by atoms with Crippen LogP contribution in [0.4, 0.5) is 11.4 Å². The Bertz CT molecular complexity index is 1650. The van der Waals surface area contributed by atoms with Crippen molar-refractivity contribution in [3.8, 4) is 5.75 Å². The number of hydrogen-bond donors (Lipinski definition) is 1. The smallest absolute Gasteiger partial charge is 0.257 e. The third-order valence-electron chi connectivity index (χ3n) is 8.73. The first-order valence-corrected chi connectivity index (χ1v) is 13.1. The van der Waals surface area contributed by atoms with E-state index in [-0.39, 0.29) is 29.2 Å². The van der Waals surface area contributed by atoms with Crippen LogP contribution in [0.1, 0.15) is 51.4 Å². The van der Waals surface area contributed by atoms with Crippen LogP contribution in [-0.4, -0.2) is 24.8 Å². The SMILES string of the molecule is COc1cccc(NC(=O)c2ccccc2N2C(=O)[C@@H]3C4c5ccccc5C(c5ccccc54)[C@@]3(C)C2=O)c1. The van der Waals surface area contributed by atoms with Gasteiger partial charge in [-0.2, -0.15) is 0 Å². The van der Waals surface area contributed by atoms with Crippen molar-refractivity contribution in [2.45, 2.75) is 18.8 Å². The summed E-state index contributed by atoms with van der Waals surface area (Å²) in [5, 5.41) is 2.89. The first-order valence-electron chi connectivity index (χ1n) is 13.1. The summed E-state index contributed by atoms with van der Waals surface area (Å²) in [6.07, 6.45) is 0. The van der Waals surface area contributed by atoms with E-state index in [2.05, 4.69) is 29.6 Å². The summed E-state index contributed by atoms with van der Waals surface area (Å²) in [4.78, 5) is 43.6. The molecule has 0 spiro atoms. The maximum atomic E-state index is 14.5. The number of imide groups is 1. The predicted molar refractivity (Wildman–Crippen MR) is 148 cm³/mol. The Morgan fingerprint density at radius 1 is 0.821 bits per heavy atom. The number of para-hydroxylation sites is 1. The van der Waals surface area contributed by atoms with Crippen LogP contribution in [0.3, 0.4) is 0 Å². The van der Waals surface area contributed by atoms with Crippen molar-refractivity contribution in [1.82, 2.24) is 0 Å². The van der Waals surface area contributed by atoms with E-state index >= 15 is 0 Å². The molecule has 0 aromatic heterocycles. The fourth-order valence-corrected chi connectivity index (χ4v) is 7.10. The van der Waals surface area contributed by atoms with Gasteiger partial charge in [0.25, 0.3) is 5.91 Å². The topological polar surface area (TPSA) is 75.7 Å². The summed E-state index contributed by atoms with van der Waals surface area (Å²) in [7, 11) is 1.56. The lowest BCUT2D eigenvalue weighted by Crippen LogP contribution is -2.49. The number of nitrogens with zero attached hydrogens (tertiary/aromatic N) is 1. The molecule has 1 N–H and O–H groups in total. The Morgan fingerprint density at radius 3 is 2.10 bits per heavy atom. The normalized spacial score (nSPS) is 24.2. The first-order chi connectivity index (χ1) is 18.9. The average Bonchev–Trinajstić information content (AvgIpc) is 3.18. The molecule has 0 radical (unpaired) electrons. The summed E-state index contributed by atoms with van der Waals surface area (Å²) in [6, 6.07) is 30.2. The zero-order valence-electron chi connectivity index (χ0n) is 21.5. The Morgan fingerprint density at radius 2 is 1.44 bits per heavy atom. The number of ether oxygens (including phenoxy) is 1. The Hall–Kier alpha value is -4.71. The highest BCUT2D eigenvalue weighted by molar-refractivity contribution is 6.27. The maximum Gasteiger partial charge on any atom is 0.257 e. The van der Waals surface area contributed by atoms with Crippen molar-refractivity contribution in [2.75, 3.05) is 17.3 Å². The van der Waals surface area contributed by atoms with E-state index in [9.17, 15) is 14.4 Å². The second kappa shape index (κ2) is 8.40. The van der Waals surface area contributed by atoms with Crippen LogP contribution in [0.25, 0.3) is 0 Å². The molecule has 4 aromatic rings. The molecule has 4 aliphatic rings. The number of anilines is 2. The van der Waals surface area contributed by atoms with Gasteiger partial charge in [-0.05, 0) is 53.4 Å². The number of rotatable bonds is 4. The minimum atomic E-state index is -0.971. The van der Waals surface area contributed by atoms with E-state index < -0.39 is 17.2 Å². The number of carbonyl (C=O) groups excluding carboxylic acids is 3. The summed E-state index contributed by atoms with van der Waals surface area (Å²) in [5.74, 6) is -1.37. The van der Waals surface area contributed by atoms with Gasteiger partial charge in [0, 0.05) is 23.6 Å². The van der Waals surface area contributed by atoms with Crippen LogP contribution in [0.15, 0.2) is 97.1 Å². The van der Waals surface area contributed by atoms with Gasteiger partial charge in [-0.3, -0.25) is 14.4 Å². The van der Waals surface area contributed by atoms with E-state index in [0.29, 0.717) is 17.1 Å². The van der Waals surface area contributed by atoms with Gasteiger partial charge < -0.3 is 10.1 Å². The predicted octanol–water partition coefficient (Wildman–Crippen LogP) is 5.73. The second-order valence-electron chi connectivity index (χ2n) is 10.6. The van der Waals surface area contributed by atoms with Crippen molar-refractivity contribution >= 4 is 29.1 Å². The summed E-state index contributed by atoms with van der Waals surface area (Å²) in [6.45, 7) is 1.93. The molecule has 1 saturated heterocycles. The Balaban J connectivity index is 1.33. The highest BCUT2D eigenvalue weighted by Crippen LogP contribution is 2.67. The molecule has 1 fully saturated rings. The quantitative estimate of drug-likeness (QED) is 0.353. The standard InChI is InChI=1S/C33H26N2O4/c1-33-28-23-14-5-3-12-21(23)27(22-13-4-6-15-24(22)28)29(33)31(37)35(32(33)38)26-17-8-7-16-25(26)30(36)34-19-10-9-11-20(18-19)39-2/h3-18,27-29H,1-2H3,(H,34,36)/t27?,28?,29-,33+/m0/s1. The Labute approximate surface area is 226 Å². The van der Waals surface area contributed by atoms with Crippen molar-refractivity contribution in [3.05, 3.63) is 125 Å². The molecule has 39 heavy (non-hydrogen) atoms. The van der Waals surface area contributed by atoms with Gasteiger partial charge in [0.15, 0.2) is 0 Å². The largest absolute Gasteiger partial charge is 0.497 e. The number of amides is 3. The van der Waals surface area contributed by atoms with Gasteiger partial charge in [-0.15, -0.1) is 0 Å². The van der Waals surface area contributed by atoms with Gasteiger partial charge >= 0.3 is 0 Å². The van der Waals surface area contributed by atoms with Gasteiger partial charge in [-0.1, -0.05) is 66.7 Å². The van der Waals surface area contributed by atoms with E-state index in [1.165, 1.54) is 4.90 Å². The third kappa shape index (κ3) is 3.12. The Kier molecular flexibility index (Phi) is 5.04. The number of benzene rings is 4. The number of nitrogens with one attached hydrogen (secondary N) is 1. The highest BCUT2D eigenvalue weighted by Gasteiger charge is 2.69. The molecular formula is C33H26N2O4. The molecule has 2 bridgehead atoms. The van der Waals surface area contributed by atoms with E-state index in [1.54, 1.807) is 55.6 Å². The van der Waals surface area contributed by atoms with Crippen LogP contribution < -0.4 is 15.0 Å². The van der Waals surface area contributed by atoms with Crippen LogP contribution in [0, 0.1) is 11.3 Å². The van der Waals surface area contributed by atoms with Crippen molar-refractivity contribution in [2.24, 2.45) is 11.3 Å². The molecular weight excluding hydrogens is 488 g/mol. The zero-order chi connectivity index (χ0) is 26.9. The molecule has 192 valence electrons. The van der Waals surface area contributed by atoms with Crippen molar-refractivity contribution in [1.29, 1.82) is 0 Å². The lowest BCUT2D eigenvalue weighted by molar-refractivity contribution is -0.128. The lowest BCUT2D eigenvalue weighted by atomic mass is 9.48. The molecule has 2 atom stereocenters.